The lowest BCUT2D eigenvalue weighted by Gasteiger charge is -2.26. The fraction of sp³-hybridized carbons (Fsp3) is 0.250. The van der Waals surface area contributed by atoms with Gasteiger partial charge in [0, 0.05) is 6.20 Å². The number of carbonyl (C=O) groups is 1. The van der Waals surface area contributed by atoms with E-state index in [0.717, 1.165) is 5.56 Å². The number of sulfonamides is 1. The van der Waals surface area contributed by atoms with Gasteiger partial charge in [-0.05, 0) is 59.9 Å². The summed E-state index contributed by atoms with van der Waals surface area (Å²) in [4.78, 5) is 16.2. The van der Waals surface area contributed by atoms with Crippen LogP contribution in [0.15, 0.2) is 71.9 Å². The molecule has 31 heavy (non-hydrogen) atoms. The molecule has 1 heterocycles. The van der Waals surface area contributed by atoms with Gasteiger partial charge in [-0.25, -0.2) is 17.5 Å². The number of hydrogen-bond donors (Lipinski definition) is 0. The maximum absolute atomic E-state index is 13.7. The highest BCUT2D eigenvalue weighted by Gasteiger charge is 2.28. The van der Waals surface area contributed by atoms with Gasteiger partial charge in [0.1, 0.15) is 0 Å². The highest BCUT2D eigenvalue weighted by atomic mass is 32.2. The molecule has 0 spiro atoms. The molecule has 0 aliphatic rings. The zero-order valence-electron chi connectivity index (χ0n) is 18.3. The monoisotopic (exact) mass is 438 g/mol. The van der Waals surface area contributed by atoms with E-state index in [-0.39, 0.29) is 15.9 Å². The van der Waals surface area contributed by atoms with E-state index in [4.69, 9.17) is 4.74 Å². The molecule has 0 fully saturated rings. The quantitative estimate of drug-likeness (QED) is 0.524. The van der Waals surface area contributed by atoms with Crippen molar-refractivity contribution in [2.24, 2.45) is 0 Å². The van der Waals surface area contributed by atoms with E-state index in [9.17, 15) is 13.2 Å². The zero-order chi connectivity index (χ0) is 22.8. The number of hydrogen-bond acceptors (Lipinski definition) is 5. The molecule has 0 aliphatic carbocycles. The van der Waals surface area contributed by atoms with Gasteiger partial charge in [-0.3, -0.25) is 4.98 Å². The van der Waals surface area contributed by atoms with E-state index in [1.54, 1.807) is 43.5 Å². The van der Waals surface area contributed by atoms with Gasteiger partial charge in [0.05, 0.1) is 35.1 Å². The number of esters is 1. The fourth-order valence-electron chi connectivity index (χ4n) is 3.19. The third kappa shape index (κ3) is 4.61. The Morgan fingerprint density at radius 2 is 1.68 bits per heavy atom. The van der Waals surface area contributed by atoms with Crippen LogP contribution in [0.4, 0.5) is 11.4 Å². The van der Waals surface area contributed by atoms with Crippen LogP contribution in [-0.2, 0) is 20.2 Å². The number of pyridine rings is 1. The van der Waals surface area contributed by atoms with Crippen LogP contribution in [0.1, 0.15) is 42.3 Å². The molecule has 0 saturated carbocycles. The lowest BCUT2D eigenvalue weighted by Crippen LogP contribution is -2.27. The minimum Gasteiger partial charge on any atom is -0.465 e. The van der Waals surface area contributed by atoms with E-state index in [0.29, 0.717) is 16.9 Å². The molecule has 3 aromatic rings. The molecule has 162 valence electrons. The summed E-state index contributed by atoms with van der Waals surface area (Å²) < 4.78 is 33.5. The molecule has 1 aromatic heterocycles. The highest BCUT2D eigenvalue weighted by molar-refractivity contribution is 7.93. The molecule has 0 atom stereocenters. The van der Waals surface area contributed by atoms with E-state index in [1.165, 1.54) is 29.7 Å². The van der Waals surface area contributed by atoms with Gasteiger partial charge in [0.2, 0.25) is 0 Å². The third-order valence-electron chi connectivity index (χ3n) is 5.00. The van der Waals surface area contributed by atoms with Crippen molar-refractivity contribution in [2.75, 3.05) is 11.4 Å². The number of nitrogens with zero attached hydrogens (tertiary/aromatic N) is 2. The Kier molecular flexibility index (Phi) is 6.18. The second-order valence-corrected chi connectivity index (χ2v) is 10.0. The van der Waals surface area contributed by atoms with Crippen LogP contribution in [0.2, 0.25) is 0 Å². The fourth-order valence-corrected chi connectivity index (χ4v) is 4.70. The first-order valence-corrected chi connectivity index (χ1v) is 11.2. The molecular weight excluding hydrogens is 412 g/mol. The number of benzene rings is 2. The van der Waals surface area contributed by atoms with E-state index < -0.39 is 16.0 Å². The van der Waals surface area contributed by atoms with Gasteiger partial charge < -0.3 is 4.74 Å². The van der Waals surface area contributed by atoms with E-state index in [1.807, 2.05) is 12.1 Å². The summed E-state index contributed by atoms with van der Waals surface area (Å²) in [5, 5.41) is 0. The maximum atomic E-state index is 13.7. The molecular formula is C24H26N2O4S. The molecule has 0 unspecified atom stereocenters. The summed E-state index contributed by atoms with van der Waals surface area (Å²) in [6.45, 7) is 8.02. The summed E-state index contributed by atoms with van der Waals surface area (Å²) in [6.07, 6.45) is 3.07. The van der Waals surface area contributed by atoms with Crippen molar-refractivity contribution in [1.82, 2.24) is 4.98 Å². The van der Waals surface area contributed by atoms with Crippen molar-refractivity contribution < 1.29 is 17.9 Å². The number of aryl methyl sites for hydroxylation is 1. The Morgan fingerprint density at radius 1 is 1.00 bits per heavy atom. The topological polar surface area (TPSA) is 76.6 Å². The maximum Gasteiger partial charge on any atom is 0.338 e. The minimum atomic E-state index is -4.05. The normalized spacial score (nSPS) is 11.8. The number of carbonyl (C=O) groups excluding carboxylic acids is 1. The molecule has 0 radical (unpaired) electrons. The van der Waals surface area contributed by atoms with E-state index >= 15 is 0 Å². The van der Waals surface area contributed by atoms with E-state index in [2.05, 4.69) is 25.8 Å². The third-order valence-corrected chi connectivity index (χ3v) is 6.75. The number of methoxy groups -OCH3 is 1. The van der Waals surface area contributed by atoms with Crippen LogP contribution in [0.25, 0.3) is 0 Å². The number of anilines is 2. The Bertz CT molecular complexity index is 1180. The number of aromatic nitrogens is 1. The van der Waals surface area contributed by atoms with Crippen LogP contribution in [-0.4, -0.2) is 26.5 Å². The Balaban J connectivity index is 2.18. The Hall–Kier alpha value is -3.19. The van der Waals surface area contributed by atoms with Crippen molar-refractivity contribution in [1.29, 1.82) is 0 Å². The Labute approximate surface area is 183 Å². The average molecular weight is 439 g/mol. The summed E-state index contributed by atoms with van der Waals surface area (Å²) in [7, 11) is -2.79. The predicted octanol–water partition coefficient (Wildman–Crippen LogP) is 5.00. The first kappa shape index (κ1) is 22.5. The predicted molar refractivity (Wildman–Crippen MR) is 121 cm³/mol. The minimum absolute atomic E-state index is 0.0118. The summed E-state index contributed by atoms with van der Waals surface area (Å²) in [5.74, 6) is -0.586. The zero-order valence-corrected chi connectivity index (χ0v) is 19.1. The van der Waals surface area contributed by atoms with Crippen molar-refractivity contribution in [3.8, 4) is 0 Å². The van der Waals surface area contributed by atoms with Crippen LogP contribution in [0.3, 0.4) is 0 Å². The standard InChI is InChI=1S/C24H26N2O4S/c1-17-8-13-21(15-22(17)23(27)30-5)31(28,29)26(20-7-6-14-25-16-20)19-11-9-18(10-12-19)24(2,3)4/h6-16H,1-5H3. The summed E-state index contributed by atoms with van der Waals surface area (Å²) >= 11 is 0. The van der Waals surface area contributed by atoms with Crippen molar-refractivity contribution in [2.45, 2.75) is 38.0 Å². The SMILES string of the molecule is COC(=O)c1cc(S(=O)(=O)N(c2ccc(C(C)(C)C)cc2)c2cccnc2)ccc1C. The lowest BCUT2D eigenvalue weighted by atomic mass is 9.87. The second-order valence-electron chi connectivity index (χ2n) is 8.25. The second kappa shape index (κ2) is 8.51. The van der Waals surface area contributed by atoms with Gasteiger partial charge in [-0.1, -0.05) is 39.0 Å². The average Bonchev–Trinajstić information content (AvgIpc) is 2.74. The van der Waals surface area contributed by atoms with Gasteiger partial charge in [-0.2, -0.15) is 0 Å². The van der Waals surface area contributed by atoms with Crippen LogP contribution in [0, 0.1) is 6.92 Å². The summed E-state index contributed by atoms with van der Waals surface area (Å²) in [6, 6.07) is 15.2. The Morgan fingerprint density at radius 3 is 2.23 bits per heavy atom. The molecule has 0 aliphatic heterocycles. The smallest absolute Gasteiger partial charge is 0.338 e. The molecule has 0 bridgehead atoms. The van der Waals surface area contributed by atoms with Gasteiger partial charge in [-0.15, -0.1) is 0 Å². The molecule has 0 N–H and O–H groups in total. The number of ether oxygens (including phenoxy) is 1. The molecule has 7 heteroatoms. The van der Waals surface area contributed by atoms with Crippen molar-refractivity contribution in [3.63, 3.8) is 0 Å². The van der Waals surface area contributed by atoms with Crippen LogP contribution < -0.4 is 4.31 Å². The molecule has 6 nitrogen and oxygen atoms in total. The highest BCUT2D eigenvalue weighted by Crippen LogP contribution is 2.34. The van der Waals surface area contributed by atoms with Gasteiger partial charge in [0.15, 0.2) is 0 Å². The van der Waals surface area contributed by atoms with Gasteiger partial charge in [0.25, 0.3) is 10.0 Å². The largest absolute Gasteiger partial charge is 0.465 e. The van der Waals surface area contributed by atoms with Crippen molar-refractivity contribution >= 4 is 27.4 Å². The molecule has 0 amide bonds. The van der Waals surface area contributed by atoms with Crippen LogP contribution in [0.5, 0.6) is 0 Å². The first-order valence-electron chi connectivity index (χ1n) is 9.80. The molecule has 2 aromatic carbocycles. The first-order chi connectivity index (χ1) is 14.6. The van der Waals surface area contributed by atoms with Crippen molar-refractivity contribution in [3.05, 3.63) is 83.7 Å². The lowest BCUT2D eigenvalue weighted by molar-refractivity contribution is 0.0599. The number of rotatable bonds is 5. The summed E-state index contributed by atoms with van der Waals surface area (Å²) in [5.41, 5.74) is 2.73. The molecule has 3 rings (SSSR count). The molecule has 0 saturated heterocycles. The van der Waals surface area contributed by atoms with Crippen LogP contribution >= 0.6 is 0 Å². The van der Waals surface area contributed by atoms with Gasteiger partial charge >= 0.3 is 5.97 Å².